The SMILES string of the molecule is C1COCC(N2CC3CNCC3C2)C1. The summed E-state index contributed by atoms with van der Waals surface area (Å²) in [5.74, 6) is 1.86. The number of fused-ring (bicyclic) bond motifs is 1. The van der Waals surface area contributed by atoms with Gasteiger partial charge in [-0.15, -0.1) is 0 Å². The fourth-order valence-corrected chi connectivity index (χ4v) is 3.20. The van der Waals surface area contributed by atoms with E-state index in [0.29, 0.717) is 0 Å². The topological polar surface area (TPSA) is 24.5 Å². The monoisotopic (exact) mass is 196 g/mol. The van der Waals surface area contributed by atoms with Crippen LogP contribution in [0.4, 0.5) is 0 Å². The number of nitrogens with one attached hydrogen (secondary N) is 1. The van der Waals surface area contributed by atoms with E-state index >= 15 is 0 Å². The lowest BCUT2D eigenvalue weighted by molar-refractivity contribution is 0.0242. The highest BCUT2D eigenvalue weighted by atomic mass is 16.5. The fourth-order valence-electron chi connectivity index (χ4n) is 3.20. The van der Waals surface area contributed by atoms with Crippen molar-refractivity contribution in [1.82, 2.24) is 10.2 Å². The van der Waals surface area contributed by atoms with E-state index in [-0.39, 0.29) is 0 Å². The van der Waals surface area contributed by atoms with Gasteiger partial charge in [-0.05, 0) is 37.8 Å². The van der Waals surface area contributed by atoms with Crippen molar-refractivity contribution < 1.29 is 4.74 Å². The van der Waals surface area contributed by atoms with Crippen LogP contribution in [0.3, 0.4) is 0 Å². The van der Waals surface area contributed by atoms with Crippen LogP contribution in [0.5, 0.6) is 0 Å². The Labute approximate surface area is 85.8 Å². The Morgan fingerprint density at radius 2 is 1.93 bits per heavy atom. The van der Waals surface area contributed by atoms with Crippen molar-refractivity contribution in [2.75, 3.05) is 39.4 Å². The molecule has 3 heterocycles. The lowest BCUT2D eigenvalue weighted by Gasteiger charge is -2.31. The molecule has 3 aliphatic rings. The Morgan fingerprint density at radius 1 is 1.14 bits per heavy atom. The summed E-state index contributed by atoms with van der Waals surface area (Å²) < 4.78 is 5.56. The number of likely N-dealkylation sites (tertiary alicyclic amines) is 1. The summed E-state index contributed by atoms with van der Waals surface area (Å²) in [5, 5.41) is 3.49. The van der Waals surface area contributed by atoms with Gasteiger partial charge in [0.2, 0.25) is 0 Å². The average Bonchev–Trinajstić information content (AvgIpc) is 2.78. The van der Waals surface area contributed by atoms with Gasteiger partial charge in [-0.2, -0.15) is 0 Å². The maximum absolute atomic E-state index is 5.56. The second-order valence-electron chi connectivity index (χ2n) is 5.00. The fraction of sp³-hybridized carbons (Fsp3) is 1.00. The molecule has 3 aliphatic heterocycles. The van der Waals surface area contributed by atoms with Gasteiger partial charge < -0.3 is 10.1 Å². The molecule has 3 fully saturated rings. The molecule has 0 aromatic heterocycles. The minimum absolute atomic E-state index is 0.731. The number of ether oxygens (including phenoxy) is 1. The van der Waals surface area contributed by atoms with Gasteiger partial charge in [0.25, 0.3) is 0 Å². The third kappa shape index (κ3) is 1.58. The molecule has 3 heteroatoms. The lowest BCUT2D eigenvalue weighted by Crippen LogP contribution is -2.41. The van der Waals surface area contributed by atoms with Crippen LogP contribution in [0.2, 0.25) is 0 Å². The first kappa shape index (κ1) is 9.13. The molecule has 3 nitrogen and oxygen atoms in total. The predicted octanol–water partition coefficient (Wildman–Crippen LogP) is 0.317. The quantitative estimate of drug-likeness (QED) is 0.653. The highest BCUT2D eigenvalue weighted by Gasteiger charge is 2.38. The summed E-state index contributed by atoms with van der Waals surface area (Å²) in [7, 11) is 0. The van der Waals surface area contributed by atoms with Gasteiger partial charge in [-0.25, -0.2) is 0 Å². The molecule has 0 amide bonds. The molecule has 3 rings (SSSR count). The molecular formula is C11H20N2O. The molecule has 0 saturated carbocycles. The molecule has 14 heavy (non-hydrogen) atoms. The van der Waals surface area contributed by atoms with Crippen molar-refractivity contribution >= 4 is 0 Å². The van der Waals surface area contributed by atoms with Crippen molar-refractivity contribution in [2.45, 2.75) is 18.9 Å². The van der Waals surface area contributed by atoms with Gasteiger partial charge in [-0.3, -0.25) is 4.90 Å². The zero-order chi connectivity index (χ0) is 9.38. The number of hydrogen-bond acceptors (Lipinski definition) is 3. The van der Waals surface area contributed by atoms with Crippen LogP contribution in [0.1, 0.15) is 12.8 Å². The van der Waals surface area contributed by atoms with Crippen molar-refractivity contribution in [3.05, 3.63) is 0 Å². The molecule has 0 aliphatic carbocycles. The van der Waals surface area contributed by atoms with E-state index in [2.05, 4.69) is 10.2 Å². The maximum Gasteiger partial charge on any atom is 0.0621 e. The van der Waals surface area contributed by atoms with E-state index in [1.807, 2.05) is 0 Å². The average molecular weight is 196 g/mol. The van der Waals surface area contributed by atoms with Gasteiger partial charge in [0.1, 0.15) is 0 Å². The van der Waals surface area contributed by atoms with Gasteiger partial charge in [0, 0.05) is 25.7 Å². The smallest absolute Gasteiger partial charge is 0.0621 e. The van der Waals surface area contributed by atoms with E-state index in [1.165, 1.54) is 39.0 Å². The Morgan fingerprint density at radius 3 is 2.57 bits per heavy atom. The Balaban J connectivity index is 1.59. The van der Waals surface area contributed by atoms with Crippen molar-refractivity contribution in [2.24, 2.45) is 11.8 Å². The molecule has 80 valence electrons. The number of hydrogen-bond donors (Lipinski definition) is 1. The van der Waals surface area contributed by atoms with Crippen molar-refractivity contribution in [3.63, 3.8) is 0 Å². The number of rotatable bonds is 1. The Kier molecular flexibility index (Phi) is 2.48. The summed E-state index contributed by atoms with van der Waals surface area (Å²) in [5.41, 5.74) is 0. The largest absolute Gasteiger partial charge is 0.380 e. The highest BCUT2D eigenvalue weighted by molar-refractivity contribution is 4.93. The van der Waals surface area contributed by atoms with Gasteiger partial charge >= 0.3 is 0 Å². The van der Waals surface area contributed by atoms with E-state index in [0.717, 1.165) is 31.1 Å². The van der Waals surface area contributed by atoms with Crippen LogP contribution in [-0.2, 0) is 4.74 Å². The van der Waals surface area contributed by atoms with E-state index in [1.54, 1.807) is 0 Å². The summed E-state index contributed by atoms with van der Waals surface area (Å²) in [4.78, 5) is 2.68. The first-order valence-electron chi connectivity index (χ1n) is 5.96. The normalized spacial score (nSPS) is 44.1. The first-order chi connectivity index (χ1) is 6.93. The number of nitrogens with zero attached hydrogens (tertiary/aromatic N) is 1. The zero-order valence-corrected chi connectivity index (χ0v) is 8.74. The zero-order valence-electron chi connectivity index (χ0n) is 8.74. The molecule has 3 unspecified atom stereocenters. The molecule has 1 N–H and O–H groups in total. The molecule has 0 spiro atoms. The third-order valence-electron chi connectivity index (χ3n) is 4.07. The molecular weight excluding hydrogens is 176 g/mol. The Hall–Kier alpha value is -0.120. The van der Waals surface area contributed by atoms with Crippen LogP contribution in [0.25, 0.3) is 0 Å². The van der Waals surface area contributed by atoms with Crippen LogP contribution in [-0.4, -0.2) is 50.3 Å². The first-order valence-corrected chi connectivity index (χ1v) is 5.96. The standard InChI is InChI=1S/C11H20N2O/c1-2-11(8-14-3-1)13-6-9-4-12-5-10(9)7-13/h9-12H,1-8H2. The second kappa shape index (κ2) is 3.80. The van der Waals surface area contributed by atoms with Crippen LogP contribution in [0, 0.1) is 11.8 Å². The van der Waals surface area contributed by atoms with Crippen LogP contribution in [0.15, 0.2) is 0 Å². The molecule has 3 saturated heterocycles. The predicted molar refractivity (Wildman–Crippen MR) is 55.3 cm³/mol. The molecule has 0 aromatic rings. The summed E-state index contributed by atoms with van der Waals surface area (Å²) >= 11 is 0. The summed E-state index contributed by atoms with van der Waals surface area (Å²) in [6, 6.07) is 0.731. The van der Waals surface area contributed by atoms with Gasteiger partial charge in [-0.1, -0.05) is 0 Å². The minimum Gasteiger partial charge on any atom is -0.380 e. The minimum atomic E-state index is 0.731. The molecule has 0 aromatic carbocycles. The van der Waals surface area contributed by atoms with E-state index in [4.69, 9.17) is 4.74 Å². The Bertz CT molecular complexity index is 191. The highest BCUT2D eigenvalue weighted by Crippen LogP contribution is 2.29. The summed E-state index contributed by atoms with van der Waals surface area (Å²) in [6.45, 7) is 7.08. The molecule has 0 radical (unpaired) electrons. The van der Waals surface area contributed by atoms with E-state index in [9.17, 15) is 0 Å². The maximum atomic E-state index is 5.56. The van der Waals surface area contributed by atoms with Crippen LogP contribution < -0.4 is 5.32 Å². The molecule has 3 atom stereocenters. The van der Waals surface area contributed by atoms with Gasteiger partial charge in [0.05, 0.1) is 6.61 Å². The van der Waals surface area contributed by atoms with E-state index < -0.39 is 0 Å². The van der Waals surface area contributed by atoms with Gasteiger partial charge in [0.15, 0.2) is 0 Å². The lowest BCUT2D eigenvalue weighted by atomic mass is 10.0. The van der Waals surface area contributed by atoms with Crippen LogP contribution >= 0.6 is 0 Å². The van der Waals surface area contributed by atoms with Crippen molar-refractivity contribution in [1.29, 1.82) is 0 Å². The second-order valence-corrected chi connectivity index (χ2v) is 5.00. The molecule has 0 bridgehead atoms. The van der Waals surface area contributed by atoms with Crippen molar-refractivity contribution in [3.8, 4) is 0 Å². The third-order valence-corrected chi connectivity index (χ3v) is 4.07. The summed E-state index contributed by atoms with van der Waals surface area (Å²) in [6.07, 6.45) is 2.61.